The Morgan fingerprint density at radius 3 is 2.47 bits per heavy atom. The number of rotatable bonds is 6. The van der Waals surface area contributed by atoms with Gasteiger partial charge in [0.2, 0.25) is 23.6 Å². The molecule has 1 aromatic carbocycles. The molecule has 3 rings (SSSR count). The fraction of sp³-hybridized carbons (Fsp3) is 0.536. The van der Waals surface area contributed by atoms with Gasteiger partial charge in [0, 0.05) is 19.4 Å². The highest BCUT2D eigenvalue weighted by atomic mass is 16.3. The van der Waals surface area contributed by atoms with Crippen LogP contribution in [0, 0.1) is 11.8 Å². The maximum atomic E-state index is 13.6. The predicted molar refractivity (Wildman–Crippen MR) is 142 cm³/mol. The van der Waals surface area contributed by atoms with Crippen LogP contribution in [0.15, 0.2) is 41.0 Å². The number of carbonyl (C=O) groups excluding carboxylic acids is 4. The lowest BCUT2D eigenvalue weighted by Gasteiger charge is -2.26. The van der Waals surface area contributed by atoms with Crippen LogP contribution in [0.5, 0.6) is 0 Å². The third-order valence-corrected chi connectivity index (χ3v) is 6.35. The summed E-state index contributed by atoms with van der Waals surface area (Å²) < 4.78 is 5.58. The van der Waals surface area contributed by atoms with Gasteiger partial charge in [-0.1, -0.05) is 58.0 Å². The van der Waals surface area contributed by atoms with Crippen molar-refractivity contribution in [2.75, 3.05) is 6.54 Å². The number of hydrogen-bond donors (Lipinski definition) is 4. The summed E-state index contributed by atoms with van der Waals surface area (Å²) in [7, 11) is 0. The zero-order valence-corrected chi connectivity index (χ0v) is 22.6. The monoisotopic (exact) mass is 525 g/mol. The third kappa shape index (κ3) is 8.43. The standard InChI is InChI=1S/C28H39N5O5/c1-17(2)14-23(34)30-20-12-8-9-13-29-25(35)22-16-38-28(32-22)24(18(3)4)33-27(37)21(31-26(20)36)15-19-10-6-5-7-11-19/h5-7,10-11,16-18,20-21,24H,8-9,12-15H2,1-4H3,(H,29,35)(H,30,34)(H,31,36)(H,33,37)/t20-,21-,24-/m0/s1. The van der Waals surface area contributed by atoms with E-state index in [0.29, 0.717) is 32.2 Å². The second-order valence-electron chi connectivity index (χ2n) is 10.5. The lowest BCUT2D eigenvalue weighted by molar-refractivity contribution is -0.132. The zero-order valence-electron chi connectivity index (χ0n) is 22.6. The molecule has 0 saturated carbocycles. The van der Waals surface area contributed by atoms with Crippen LogP contribution in [0.25, 0.3) is 0 Å². The number of nitrogens with one attached hydrogen (secondary N) is 4. The van der Waals surface area contributed by atoms with Gasteiger partial charge in [0.15, 0.2) is 5.69 Å². The molecule has 1 aliphatic rings. The average Bonchev–Trinajstić information content (AvgIpc) is 3.35. The smallest absolute Gasteiger partial charge is 0.273 e. The zero-order chi connectivity index (χ0) is 27.7. The van der Waals surface area contributed by atoms with Crippen molar-refractivity contribution in [2.24, 2.45) is 11.8 Å². The van der Waals surface area contributed by atoms with E-state index in [-0.39, 0.29) is 41.7 Å². The minimum Gasteiger partial charge on any atom is -0.446 e. The molecule has 0 aliphatic carbocycles. The van der Waals surface area contributed by atoms with Gasteiger partial charge in [-0.05, 0) is 36.7 Å². The van der Waals surface area contributed by atoms with E-state index in [4.69, 9.17) is 4.42 Å². The Morgan fingerprint density at radius 2 is 1.79 bits per heavy atom. The van der Waals surface area contributed by atoms with Gasteiger partial charge >= 0.3 is 0 Å². The Morgan fingerprint density at radius 1 is 1.05 bits per heavy atom. The van der Waals surface area contributed by atoms with E-state index in [0.717, 1.165) is 5.56 Å². The Bertz CT molecular complexity index is 1100. The molecule has 1 aromatic heterocycles. The molecule has 206 valence electrons. The van der Waals surface area contributed by atoms with Crippen molar-refractivity contribution in [3.8, 4) is 0 Å². The first-order valence-corrected chi connectivity index (χ1v) is 13.3. The molecule has 0 spiro atoms. The number of benzene rings is 1. The van der Waals surface area contributed by atoms with Crippen molar-refractivity contribution in [3.63, 3.8) is 0 Å². The van der Waals surface area contributed by atoms with Crippen LogP contribution in [0.1, 0.15) is 81.4 Å². The molecule has 10 nitrogen and oxygen atoms in total. The minimum absolute atomic E-state index is 0.108. The van der Waals surface area contributed by atoms with Gasteiger partial charge in [-0.25, -0.2) is 4.98 Å². The molecule has 0 fully saturated rings. The van der Waals surface area contributed by atoms with E-state index < -0.39 is 29.9 Å². The van der Waals surface area contributed by atoms with E-state index in [2.05, 4.69) is 26.3 Å². The molecule has 0 saturated heterocycles. The normalized spacial score (nSPS) is 21.5. The molecule has 3 atom stereocenters. The second-order valence-corrected chi connectivity index (χ2v) is 10.5. The van der Waals surface area contributed by atoms with Crippen LogP contribution < -0.4 is 21.3 Å². The van der Waals surface area contributed by atoms with Crippen molar-refractivity contribution in [3.05, 3.63) is 53.7 Å². The molecular weight excluding hydrogens is 486 g/mol. The Hall–Kier alpha value is -3.69. The molecule has 1 aliphatic heterocycles. The summed E-state index contributed by atoms with van der Waals surface area (Å²) >= 11 is 0. The van der Waals surface area contributed by atoms with E-state index in [9.17, 15) is 19.2 Å². The van der Waals surface area contributed by atoms with Crippen LogP contribution in [0.4, 0.5) is 0 Å². The highest BCUT2D eigenvalue weighted by molar-refractivity contribution is 5.93. The van der Waals surface area contributed by atoms with E-state index in [1.165, 1.54) is 6.26 Å². The highest BCUT2D eigenvalue weighted by Crippen LogP contribution is 2.22. The van der Waals surface area contributed by atoms with Crippen molar-refractivity contribution >= 4 is 23.6 Å². The summed E-state index contributed by atoms with van der Waals surface area (Å²) in [6.45, 7) is 8.06. The van der Waals surface area contributed by atoms with Crippen LogP contribution in [0.3, 0.4) is 0 Å². The van der Waals surface area contributed by atoms with Gasteiger partial charge in [0.05, 0.1) is 0 Å². The number of oxazole rings is 1. The summed E-state index contributed by atoms with van der Waals surface area (Å²) in [5, 5.41) is 11.5. The maximum absolute atomic E-state index is 13.6. The van der Waals surface area contributed by atoms with E-state index >= 15 is 0 Å². The van der Waals surface area contributed by atoms with Crippen LogP contribution in [-0.2, 0) is 20.8 Å². The molecule has 2 heterocycles. The van der Waals surface area contributed by atoms with Gasteiger partial charge in [-0.2, -0.15) is 0 Å². The van der Waals surface area contributed by atoms with Crippen molar-refractivity contribution < 1.29 is 23.6 Å². The molecule has 38 heavy (non-hydrogen) atoms. The molecule has 2 aromatic rings. The van der Waals surface area contributed by atoms with E-state index in [1.54, 1.807) is 0 Å². The van der Waals surface area contributed by atoms with Crippen LogP contribution >= 0.6 is 0 Å². The summed E-state index contributed by atoms with van der Waals surface area (Å²) in [5.74, 6) is -1.18. The number of nitrogens with zero attached hydrogens (tertiary/aromatic N) is 1. The quantitative estimate of drug-likeness (QED) is 0.457. The third-order valence-electron chi connectivity index (χ3n) is 6.35. The van der Waals surface area contributed by atoms with Gasteiger partial charge in [-0.3, -0.25) is 19.2 Å². The molecule has 4 amide bonds. The van der Waals surface area contributed by atoms with Crippen molar-refractivity contribution in [1.82, 2.24) is 26.3 Å². The van der Waals surface area contributed by atoms with E-state index in [1.807, 2.05) is 58.0 Å². The predicted octanol–water partition coefficient (Wildman–Crippen LogP) is 2.66. The molecule has 10 heteroatoms. The Labute approximate surface area is 223 Å². The van der Waals surface area contributed by atoms with Crippen LogP contribution in [0.2, 0.25) is 0 Å². The average molecular weight is 526 g/mol. The second kappa shape index (κ2) is 13.7. The molecule has 4 N–H and O–H groups in total. The number of fused-ring (bicyclic) bond motifs is 2. The summed E-state index contributed by atoms with van der Waals surface area (Å²) in [5.41, 5.74) is 1.01. The first kappa shape index (κ1) is 28.9. The largest absolute Gasteiger partial charge is 0.446 e. The number of carbonyl (C=O) groups is 4. The SMILES string of the molecule is CC(C)CC(=O)N[C@H]1CCCCNC(=O)c2coc(n2)[C@H](C(C)C)NC(=O)[C@H](Cc2ccccc2)NC1=O. The minimum atomic E-state index is -0.902. The lowest BCUT2D eigenvalue weighted by Crippen LogP contribution is -2.55. The van der Waals surface area contributed by atoms with Gasteiger partial charge < -0.3 is 25.7 Å². The van der Waals surface area contributed by atoms with Gasteiger partial charge in [-0.15, -0.1) is 0 Å². The van der Waals surface area contributed by atoms with Gasteiger partial charge in [0.1, 0.15) is 24.4 Å². The first-order chi connectivity index (χ1) is 18.1. The van der Waals surface area contributed by atoms with Crippen molar-refractivity contribution in [2.45, 2.75) is 77.9 Å². The number of amides is 4. The Balaban J connectivity index is 1.91. The molecule has 0 radical (unpaired) electrons. The fourth-order valence-electron chi connectivity index (χ4n) is 4.29. The number of hydrogen-bond acceptors (Lipinski definition) is 6. The highest BCUT2D eigenvalue weighted by Gasteiger charge is 2.31. The van der Waals surface area contributed by atoms with Crippen molar-refractivity contribution in [1.29, 1.82) is 0 Å². The first-order valence-electron chi connectivity index (χ1n) is 13.3. The Kier molecular flexibility index (Phi) is 10.4. The fourth-order valence-corrected chi connectivity index (χ4v) is 4.29. The topological polar surface area (TPSA) is 142 Å². The molecule has 0 unspecified atom stereocenters. The van der Waals surface area contributed by atoms with Crippen LogP contribution in [-0.4, -0.2) is 47.2 Å². The maximum Gasteiger partial charge on any atom is 0.273 e. The molecule has 2 bridgehead atoms. The summed E-state index contributed by atoms with van der Waals surface area (Å²) in [6, 6.07) is 7.08. The lowest BCUT2D eigenvalue weighted by atomic mass is 10.0. The van der Waals surface area contributed by atoms with Gasteiger partial charge in [0.25, 0.3) is 5.91 Å². The number of aromatic nitrogens is 1. The molecular formula is C28H39N5O5. The summed E-state index contributed by atoms with van der Waals surface area (Å²) in [6.07, 6.45) is 3.39. The summed E-state index contributed by atoms with van der Waals surface area (Å²) in [4.78, 5) is 56.4.